The molecule has 40 heavy (non-hydrogen) atoms. The van der Waals surface area contributed by atoms with Gasteiger partial charge >= 0.3 is 0 Å². The van der Waals surface area contributed by atoms with E-state index < -0.39 is 0 Å². The van der Waals surface area contributed by atoms with E-state index in [2.05, 4.69) is 11.8 Å². The van der Waals surface area contributed by atoms with Crippen LogP contribution in [-0.2, 0) is 4.79 Å². The van der Waals surface area contributed by atoms with Gasteiger partial charge in [-0.05, 0) is 43.2 Å². The fraction of sp³-hybridized carbons (Fsp3) is 0.400. The molecule has 0 bridgehead atoms. The number of rotatable bonds is 9. The maximum absolute atomic E-state index is 14.4. The number of carbonyl (C=O) groups excluding carboxylic acids is 1. The summed E-state index contributed by atoms with van der Waals surface area (Å²) in [5.41, 5.74) is 2.18. The molecule has 0 unspecified atom stereocenters. The summed E-state index contributed by atoms with van der Waals surface area (Å²) in [7, 11) is 0. The summed E-state index contributed by atoms with van der Waals surface area (Å²) in [4.78, 5) is 38.2. The first kappa shape index (κ1) is 28.3. The van der Waals surface area contributed by atoms with Crippen molar-refractivity contribution in [3.05, 3.63) is 74.8 Å². The first-order valence-corrected chi connectivity index (χ1v) is 15.1. The highest BCUT2D eigenvalue weighted by molar-refractivity contribution is 8.26. The maximum atomic E-state index is 14.4. The lowest BCUT2D eigenvalue weighted by molar-refractivity contribution is -0.122. The fourth-order valence-corrected chi connectivity index (χ4v) is 6.47. The van der Waals surface area contributed by atoms with Crippen LogP contribution >= 0.6 is 24.0 Å². The number of anilines is 2. The summed E-state index contributed by atoms with van der Waals surface area (Å²) in [5, 5.41) is 0. The molecule has 2 saturated heterocycles. The van der Waals surface area contributed by atoms with Crippen molar-refractivity contribution < 1.29 is 9.18 Å². The number of para-hydroxylation sites is 1. The molecular formula is C30H34FN5O2S2. The van der Waals surface area contributed by atoms with E-state index in [4.69, 9.17) is 17.2 Å². The lowest BCUT2D eigenvalue weighted by Gasteiger charge is -2.37. The predicted molar refractivity (Wildman–Crippen MR) is 166 cm³/mol. The number of aromatic nitrogens is 2. The van der Waals surface area contributed by atoms with Crippen LogP contribution in [0.25, 0.3) is 11.7 Å². The second kappa shape index (κ2) is 12.5. The second-order valence-corrected chi connectivity index (χ2v) is 11.9. The lowest BCUT2D eigenvalue weighted by Crippen LogP contribution is -2.47. The van der Waals surface area contributed by atoms with Crippen molar-refractivity contribution in [2.75, 3.05) is 42.5 Å². The highest BCUT2D eigenvalue weighted by Gasteiger charge is 2.33. The largest absolute Gasteiger partial charge is 0.366 e. The Balaban J connectivity index is 1.44. The van der Waals surface area contributed by atoms with Crippen molar-refractivity contribution in [2.24, 2.45) is 0 Å². The molecule has 0 saturated carbocycles. The van der Waals surface area contributed by atoms with Gasteiger partial charge in [-0.15, -0.1) is 0 Å². The lowest BCUT2D eigenvalue weighted by atomic mass is 10.1. The molecule has 7 nitrogen and oxygen atoms in total. The zero-order chi connectivity index (χ0) is 28.2. The average Bonchev–Trinajstić information content (AvgIpc) is 3.22. The third-order valence-corrected chi connectivity index (χ3v) is 8.77. The van der Waals surface area contributed by atoms with Gasteiger partial charge in [0.1, 0.15) is 21.6 Å². The van der Waals surface area contributed by atoms with E-state index in [0.29, 0.717) is 64.7 Å². The molecular weight excluding hydrogens is 545 g/mol. The molecule has 5 rings (SSSR count). The Morgan fingerprint density at radius 2 is 1.73 bits per heavy atom. The van der Waals surface area contributed by atoms with Gasteiger partial charge in [-0.1, -0.05) is 74.8 Å². The zero-order valence-corrected chi connectivity index (χ0v) is 24.6. The number of thiocarbonyl (C=S) groups is 1. The molecule has 2 aromatic heterocycles. The molecule has 2 fully saturated rings. The van der Waals surface area contributed by atoms with Gasteiger partial charge in [-0.3, -0.25) is 18.9 Å². The number of fused-ring (bicyclic) bond motifs is 1. The number of hydrogen-bond acceptors (Lipinski definition) is 7. The molecule has 10 heteroatoms. The summed E-state index contributed by atoms with van der Waals surface area (Å²) < 4.78 is 16.5. The van der Waals surface area contributed by atoms with Crippen molar-refractivity contribution in [3.63, 3.8) is 0 Å². The number of hydrogen-bond donors (Lipinski definition) is 0. The van der Waals surface area contributed by atoms with Gasteiger partial charge in [0, 0.05) is 38.9 Å². The minimum atomic E-state index is -0.249. The molecule has 0 spiro atoms. The summed E-state index contributed by atoms with van der Waals surface area (Å²) in [5.74, 6) is 0.128. The van der Waals surface area contributed by atoms with Crippen LogP contribution in [0.2, 0.25) is 0 Å². The first-order chi connectivity index (χ1) is 19.4. The van der Waals surface area contributed by atoms with E-state index >= 15 is 0 Å². The Bertz CT molecular complexity index is 1510. The molecule has 0 aliphatic carbocycles. The van der Waals surface area contributed by atoms with Crippen molar-refractivity contribution in [2.45, 2.75) is 46.0 Å². The second-order valence-electron chi connectivity index (χ2n) is 10.3. The van der Waals surface area contributed by atoms with E-state index in [1.165, 1.54) is 35.1 Å². The van der Waals surface area contributed by atoms with Crippen LogP contribution in [-0.4, -0.2) is 57.2 Å². The number of pyridine rings is 1. The van der Waals surface area contributed by atoms with E-state index in [0.717, 1.165) is 24.8 Å². The van der Waals surface area contributed by atoms with Crippen molar-refractivity contribution in [1.82, 2.24) is 14.3 Å². The number of carbonyl (C=O) groups is 1. The maximum Gasteiger partial charge on any atom is 0.267 e. The normalized spacial score (nSPS) is 17.1. The number of piperazine rings is 1. The van der Waals surface area contributed by atoms with Gasteiger partial charge in [0.2, 0.25) is 0 Å². The number of thioether (sulfide) groups is 1. The van der Waals surface area contributed by atoms with Crippen LogP contribution in [0, 0.1) is 12.7 Å². The van der Waals surface area contributed by atoms with Crippen molar-refractivity contribution in [1.29, 1.82) is 0 Å². The summed E-state index contributed by atoms with van der Waals surface area (Å²) >= 11 is 6.79. The standard InChI is InChI=1S/C30H34FN5O2S2/c1-3-4-5-6-9-14-35-29(38)25(40-30(35)39)19-22-27(32-26-13-12-21(2)20-36(26)28(22)37)34-17-15-33(16-18-34)24-11-8-7-10-23(24)31/h7-8,10-13,19-20H,3-6,9,14-18H2,1-2H3. The topological polar surface area (TPSA) is 61.2 Å². The average molecular weight is 580 g/mol. The van der Waals surface area contributed by atoms with E-state index in [9.17, 15) is 14.0 Å². The van der Waals surface area contributed by atoms with Crippen LogP contribution in [0.15, 0.2) is 52.3 Å². The minimum absolute atomic E-state index is 0.158. The summed E-state index contributed by atoms with van der Waals surface area (Å²) in [6.45, 7) is 6.96. The molecule has 2 aliphatic rings. The Morgan fingerprint density at radius 1 is 1.00 bits per heavy atom. The molecule has 0 N–H and O–H groups in total. The molecule has 1 amide bonds. The highest BCUT2D eigenvalue weighted by atomic mass is 32.2. The number of benzene rings is 1. The van der Waals surface area contributed by atoms with Crippen molar-refractivity contribution >= 4 is 57.4 Å². The Morgan fingerprint density at radius 3 is 2.48 bits per heavy atom. The van der Waals surface area contributed by atoms with Crippen LogP contribution in [0.5, 0.6) is 0 Å². The Hall–Kier alpha value is -3.24. The highest BCUT2D eigenvalue weighted by Crippen LogP contribution is 2.34. The number of halogens is 1. The fourth-order valence-electron chi connectivity index (χ4n) is 5.18. The van der Waals surface area contributed by atoms with Crippen LogP contribution in [0.1, 0.15) is 50.2 Å². The number of unbranched alkanes of at least 4 members (excludes halogenated alkanes) is 4. The van der Waals surface area contributed by atoms with Gasteiger partial charge in [-0.2, -0.15) is 0 Å². The third kappa shape index (κ3) is 5.93. The zero-order valence-electron chi connectivity index (χ0n) is 22.9. The molecule has 3 aromatic rings. The molecule has 4 heterocycles. The van der Waals surface area contributed by atoms with E-state index in [1.54, 1.807) is 29.3 Å². The van der Waals surface area contributed by atoms with Gasteiger partial charge in [-0.25, -0.2) is 9.37 Å². The van der Waals surface area contributed by atoms with Gasteiger partial charge < -0.3 is 9.80 Å². The minimum Gasteiger partial charge on any atom is -0.366 e. The first-order valence-electron chi connectivity index (χ1n) is 13.9. The van der Waals surface area contributed by atoms with Crippen LogP contribution in [0.4, 0.5) is 15.9 Å². The quantitative estimate of drug-likeness (QED) is 0.185. The number of aryl methyl sites for hydroxylation is 1. The predicted octanol–water partition coefficient (Wildman–Crippen LogP) is 5.64. The van der Waals surface area contributed by atoms with Crippen LogP contribution < -0.4 is 15.4 Å². The number of amides is 1. The SMILES string of the molecule is CCCCCCCN1C(=O)C(=Cc2c(N3CCN(c4ccccc4F)CC3)nc3ccc(C)cn3c2=O)SC1=S. The van der Waals surface area contributed by atoms with Gasteiger partial charge in [0.25, 0.3) is 11.5 Å². The van der Waals surface area contributed by atoms with Gasteiger partial charge in [0.15, 0.2) is 0 Å². The van der Waals surface area contributed by atoms with Crippen molar-refractivity contribution in [3.8, 4) is 0 Å². The van der Waals surface area contributed by atoms with E-state index in [-0.39, 0.29) is 17.3 Å². The van der Waals surface area contributed by atoms with Crippen LogP contribution in [0.3, 0.4) is 0 Å². The summed E-state index contributed by atoms with van der Waals surface area (Å²) in [6, 6.07) is 10.5. The monoisotopic (exact) mass is 579 g/mol. The smallest absolute Gasteiger partial charge is 0.267 e. The molecule has 0 atom stereocenters. The molecule has 1 aromatic carbocycles. The van der Waals surface area contributed by atoms with E-state index in [1.807, 2.05) is 30.0 Å². The molecule has 0 radical (unpaired) electrons. The third-order valence-electron chi connectivity index (χ3n) is 7.39. The Kier molecular flexibility index (Phi) is 8.85. The van der Waals surface area contributed by atoms with Gasteiger partial charge in [0.05, 0.1) is 16.2 Å². The molecule has 210 valence electrons. The summed E-state index contributed by atoms with van der Waals surface area (Å²) in [6.07, 6.45) is 8.89. The molecule has 2 aliphatic heterocycles. The number of nitrogens with zero attached hydrogens (tertiary/aromatic N) is 5. The Labute approximate surface area is 243 Å².